The Morgan fingerprint density at radius 2 is 1.81 bits per heavy atom. The van der Waals surface area contributed by atoms with Crippen LogP contribution in [0.15, 0.2) is 12.2 Å². The largest absolute Gasteiger partial charge is 0.481 e. The molecule has 0 saturated heterocycles. The van der Waals surface area contributed by atoms with Gasteiger partial charge in [-0.3, -0.25) is 4.79 Å². The van der Waals surface area contributed by atoms with Gasteiger partial charge in [0.2, 0.25) is 0 Å². The Balaban J connectivity index is 1.83. The number of methoxy groups -OCH3 is 1. The summed E-state index contributed by atoms with van der Waals surface area (Å²) in [6, 6.07) is 0. The number of allylic oxidation sites excluding steroid dienone is 1. The van der Waals surface area contributed by atoms with E-state index in [2.05, 4.69) is 32.9 Å². The van der Waals surface area contributed by atoms with E-state index in [0.29, 0.717) is 12.8 Å². The van der Waals surface area contributed by atoms with Crippen molar-refractivity contribution in [2.45, 2.75) is 77.9 Å². The fourth-order valence-corrected chi connectivity index (χ4v) is 7.91. The molecule has 2 bridgehead atoms. The summed E-state index contributed by atoms with van der Waals surface area (Å²) in [6.45, 7) is 8.60. The van der Waals surface area contributed by atoms with Crippen molar-refractivity contribution in [2.75, 3.05) is 7.11 Å². The van der Waals surface area contributed by atoms with Crippen molar-refractivity contribution in [3.8, 4) is 0 Å². The Kier molecular flexibility index (Phi) is 3.65. The molecule has 4 aliphatic rings. The summed E-state index contributed by atoms with van der Waals surface area (Å²) in [4.78, 5) is 12.2. The van der Waals surface area contributed by atoms with Crippen LogP contribution in [0.3, 0.4) is 0 Å². The number of hydrogen-bond donors (Lipinski definition) is 2. The fraction of sp³-hybridized carbons (Fsp3) is 0.864. The number of fused-ring (bicyclic) bond motifs is 3. The van der Waals surface area contributed by atoms with E-state index >= 15 is 0 Å². The summed E-state index contributed by atoms with van der Waals surface area (Å²) in [5.41, 5.74) is -1.21. The molecule has 1 spiro atoms. The van der Waals surface area contributed by atoms with Crippen LogP contribution in [0.5, 0.6) is 0 Å². The van der Waals surface area contributed by atoms with Crippen LogP contribution >= 0.6 is 0 Å². The zero-order chi connectivity index (χ0) is 19.2. The van der Waals surface area contributed by atoms with Crippen LogP contribution in [0.1, 0.15) is 66.2 Å². The SMILES string of the molecule is CO[C@]1(C)C[C@]23CC[C@H]4[C@](C)([C@@H]2C=C[C@]1(C)C3)[C@@H](O)CC[C@]4(C)C(=O)O. The van der Waals surface area contributed by atoms with Crippen LogP contribution in [-0.2, 0) is 9.53 Å². The van der Waals surface area contributed by atoms with Gasteiger partial charge in [-0.1, -0.05) is 26.0 Å². The molecule has 3 saturated carbocycles. The topological polar surface area (TPSA) is 66.8 Å². The van der Waals surface area contributed by atoms with Crippen molar-refractivity contribution in [3.63, 3.8) is 0 Å². The molecule has 0 heterocycles. The molecule has 146 valence electrons. The number of hydrogen-bond acceptors (Lipinski definition) is 3. The highest BCUT2D eigenvalue weighted by molar-refractivity contribution is 5.75. The van der Waals surface area contributed by atoms with Gasteiger partial charge < -0.3 is 14.9 Å². The van der Waals surface area contributed by atoms with E-state index < -0.39 is 17.5 Å². The molecule has 0 aromatic carbocycles. The Morgan fingerprint density at radius 3 is 2.42 bits per heavy atom. The lowest BCUT2D eigenvalue weighted by molar-refractivity contribution is -0.199. The third kappa shape index (κ3) is 1.90. The van der Waals surface area contributed by atoms with Gasteiger partial charge in [-0.15, -0.1) is 0 Å². The molecule has 26 heavy (non-hydrogen) atoms. The van der Waals surface area contributed by atoms with E-state index in [1.165, 1.54) is 0 Å². The first-order valence-corrected chi connectivity index (χ1v) is 10.1. The van der Waals surface area contributed by atoms with Gasteiger partial charge >= 0.3 is 5.97 Å². The third-order valence-electron chi connectivity index (χ3n) is 9.65. The van der Waals surface area contributed by atoms with Crippen LogP contribution in [0.2, 0.25) is 0 Å². The van der Waals surface area contributed by atoms with E-state index in [1.54, 1.807) is 0 Å². The highest BCUT2D eigenvalue weighted by atomic mass is 16.5. The van der Waals surface area contributed by atoms with Gasteiger partial charge in [-0.2, -0.15) is 0 Å². The van der Waals surface area contributed by atoms with Crippen molar-refractivity contribution in [2.24, 2.45) is 33.5 Å². The number of carboxylic acid groups (broad SMARTS) is 1. The van der Waals surface area contributed by atoms with Gasteiger partial charge in [0.05, 0.1) is 17.1 Å². The molecular weight excluding hydrogens is 328 g/mol. The van der Waals surface area contributed by atoms with Crippen molar-refractivity contribution in [1.29, 1.82) is 0 Å². The van der Waals surface area contributed by atoms with Gasteiger partial charge in [-0.25, -0.2) is 0 Å². The molecule has 0 unspecified atom stereocenters. The van der Waals surface area contributed by atoms with Gasteiger partial charge in [0, 0.05) is 17.9 Å². The lowest BCUT2D eigenvalue weighted by Gasteiger charge is -2.63. The number of aliphatic hydroxyl groups is 1. The normalized spacial score (nSPS) is 58.2. The Morgan fingerprint density at radius 1 is 1.12 bits per heavy atom. The predicted octanol–water partition coefficient (Wildman–Crippen LogP) is 4.03. The van der Waals surface area contributed by atoms with Crippen molar-refractivity contribution < 1.29 is 19.7 Å². The van der Waals surface area contributed by atoms with E-state index in [9.17, 15) is 15.0 Å². The number of carbonyl (C=O) groups is 1. The van der Waals surface area contributed by atoms with E-state index in [1.807, 2.05) is 14.0 Å². The first kappa shape index (κ1) is 18.5. The number of aliphatic carboxylic acids is 1. The van der Waals surface area contributed by atoms with Gasteiger partial charge in [0.15, 0.2) is 0 Å². The minimum atomic E-state index is -0.743. The second kappa shape index (κ2) is 5.14. The minimum absolute atomic E-state index is 0.00952. The smallest absolute Gasteiger partial charge is 0.309 e. The summed E-state index contributed by atoms with van der Waals surface area (Å²) in [5, 5.41) is 21.1. The van der Waals surface area contributed by atoms with Crippen molar-refractivity contribution >= 4 is 5.97 Å². The molecule has 0 radical (unpaired) electrons. The quantitative estimate of drug-likeness (QED) is 0.728. The average Bonchev–Trinajstić information content (AvgIpc) is 2.73. The van der Waals surface area contributed by atoms with Crippen molar-refractivity contribution in [1.82, 2.24) is 0 Å². The average molecular weight is 363 g/mol. The molecule has 0 amide bonds. The van der Waals surface area contributed by atoms with Crippen LogP contribution in [0, 0.1) is 33.5 Å². The third-order valence-corrected chi connectivity index (χ3v) is 9.65. The number of rotatable bonds is 2. The first-order valence-electron chi connectivity index (χ1n) is 10.1. The second-order valence-electron chi connectivity index (χ2n) is 10.6. The van der Waals surface area contributed by atoms with Crippen LogP contribution < -0.4 is 0 Å². The molecule has 2 N–H and O–H groups in total. The van der Waals surface area contributed by atoms with Crippen LogP contribution in [0.25, 0.3) is 0 Å². The number of ether oxygens (including phenoxy) is 1. The highest BCUT2D eigenvalue weighted by Crippen LogP contribution is 2.74. The zero-order valence-electron chi connectivity index (χ0n) is 16.8. The molecule has 4 aliphatic carbocycles. The van der Waals surface area contributed by atoms with E-state index in [0.717, 1.165) is 25.7 Å². The Hall–Kier alpha value is -0.870. The Bertz CT molecular complexity index is 673. The van der Waals surface area contributed by atoms with Crippen LogP contribution in [-0.4, -0.2) is 35.0 Å². The summed E-state index contributed by atoms with van der Waals surface area (Å²) >= 11 is 0. The van der Waals surface area contributed by atoms with Crippen LogP contribution in [0.4, 0.5) is 0 Å². The lowest BCUT2D eigenvalue weighted by Crippen LogP contribution is -2.62. The Labute approximate surface area is 157 Å². The molecular formula is C22H34O4. The summed E-state index contributed by atoms with van der Waals surface area (Å²) < 4.78 is 6.03. The molecule has 0 aliphatic heterocycles. The zero-order valence-corrected chi connectivity index (χ0v) is 16.8. The van der Waals surface area contributed by atoms with E-state index in [-0.39, 0.29) is 33.7 Å². The molecule has 4 nitrogen and oxygen atoms in total. The first-order chi connectivity index (χ1) is 12.0. The number of carboxylic acids is 1. The molecule has 4 rings (SSSR count). The summed E-state index contributed by atoms with van der Waals surface area (Å²) in [5.74, 6) is -0.475. The molecule has 8 atom stereocenters. The fourth-order valence-electron chi connectivity index (χ4n) is 7.91. The number of aliphatic hydroxyl groups excluding tert-OH is 1. The summed E-state index contributed by atoms with van der Waals surface area (Å²) in [6.07, 6.45) is 9.34. The standard InChI is InChI=1S/C22H34O4/c1-18-9-6-15-21(4)14(19(2,17(24)25)10-8-16(21)23)7-11-22(15,12-18)13-20(18,3)26-5/h6,9,14-16,23H,7-8,10-13H2,1-5H3,(H,24,25)/t14-,15+,16+,18-,19+,20-,21-,22-/m1/s1. The maximum absolute atomic E-state index is 12.2. The van der Waals surface area contributed by atoms with Crippen molar-refractivity contribution in [3.05, 3.63) is 12.2 Å². The van der Waals surface area contributed by atoms with Gasteiger partial charge in [0.1, 0.15) is 0 Å². The molecule has 3 fully saturated rings. The minimum Gasteiger partial charge on any atom is -0.481 e. The molecule has 0 aromatic heterocycles. The van der Waals surface area contributed by atoms with E-state index in [4.69, 9.17) is 4.74 Å². The molecule has 0 aromatic rings. The molecule has 4 heteroatoms. The maximum Gasteiger partial charge on any atom is 0.309 e. The highest BCUT2D eigenvalue weighted by Gasteiger charge is 2.71. The summed E-state index contributed by atoms with van der Waals surface area (Å²) in [7, 11) is 1.82. The predicted molar refractivity (Wildman–Crippen MR) is 99.6 cm³/mol. The maximum atomic E-state index is 12.2. The van der Waals surface area contributed by atoms with Gasteiger partial charge in [0.25, 0.3) is 0 Å². The second-order valence-corrected chi connectivity index (χ2v) is 10.6. The monoisotopic (exact) mass is 362 g/mol. The lowest BCUT2D eigenvalue weighted by atomic mass is 9.40. The van der Waals surface area contributed by atoms with Gasteiger partial charge in [-0.05, 0) is 69.6 Å².